The van der Waals surface area contributed by atoms with Crippen molar-refractivity contribution in [2.45, 2.75) is 52.2 Å². The summed E-state index contributed by atoms with van der Waals surface area (Å²) < 4.78 is 6.83. The summed E-state index contributed by atoms with van der Waals surface area (Å²) in [6, 6.07) is 26.2. The molecule has 1 amide bonds. The fourth-order valence-corrected chi connectivity index (χ4v) is 4.35. The van der Waals surface area contributed by atoms with E-state index in [0.717, 1.165) is 36.8 Å². The molecule has 7 nitrogen and oxygen atoms in total. The van der Waals surface area contributed by atoms with E-state index in [2.05, 4.69) is 12.0 Å². The van der Waals surface area contributed by atoms with Crippen molar-refractivity contribution in [2.24, 2.45) is 0 Å². The van der Waals surface area contributed by atoms with Gasteiger partial charge in [-0.15, -0.1) is 0 Å². The molecule has 0 fully saturated rings. The number of unbranched alkanes of at least 4 members (excludes halogenated alkanes) is 3. The maximum atomic E-state index is 13.2. The second-order valence-electron chi connectivity index (χ2n) is 9.28. The van der Waals surface area contributed by atoms with Crippen molar-refractivity contribution in [3.8, 4) is 0 Å². The van der Waals surface area contributed by atoms with Crippen molar-refractivity contribution in [3.05, 3.63) is 112 Å². The zero-order valence-electron chi connectivity index (χ0n) is 21.7. The van der Waals surface area contributed by atoms with Gasteiger partial charge in [-0.05, 0) is 23.6 Å². The lowest BCUT2D eigenvalue weighted by Gasteiger charge is -2.23. The summed E-state index contributed by atoms with van der Waals surface area (Å²) in [6.45, 7) is 2.89. The lowest BCUT2D eigenvalue weighted by atomic mass is 10.1. The normalized spacial score (nSPS) is 10.9. The van der Waals surface area contributed by atoms with Gasteiger partial charge in [-0.3, -0.25) is 9.59 Å². The molecule has 0 spiro atoms. The number of aryl methyl sites for hydroxylation is 1. The predicted octanol–water partition coefficient (Wildman–Crippen LogP) is 5.36. The van der Waals surface area contributed by atoms with E-state index in [-0.39, 0.29) is 17.2 Å². The molecule has 0 saturated carbocycles. The highest BCUT2D eigenvalue weighted by atomic mass is 16.5. The van der Waals surface area contributed by atoms with Gasteiger partial charge in [0.15, 0.2) is 12.3 Å². The fourth-order valence-electron chi connectivity index (χ4n) is 4.35. The van der Waals surface area contributed by atoms with Gasteiger partial charge in [-0.25, -0.2) is 9.48 Å². The average molecular weight is 512 g/mol. The second-order valence-corrected chi connectivity index (χ2v) is 9.28. The molecular formula is C31H33N3O4. The van der Waals surface area contributed by atoms with Gasteiger partial charge in [0.05, 0.1) is 5.39 Å². The SMILES string of the molecule is CCCCCCn1nc(C(=O)OCC(=O)N(Cc2ccccc2)Cc2ccccc2)c2ccccc2c1=O. The van der Waals surface area contributed by atoms with E-state index in [1.165, 1.54) is 4.68 Å². The number of fused-ring (bicyclic) bond motifs is 1. The predicted molar refractivity (Wildman–Crippen MR) is 148 cm³/mol. The number of ether oxygens (including phenoxy) is 1. The van der Waals surface area contributed by atoms with Gasteiger partial charge in [0, 0.05) is 25.0 Å². The highest BCUT2D eigenvalue weighted by Crippen LogP contribution is 2.16. The lowest BCUT2D eigenvalue weighted by Crippen LogP contribution is -2.34. The number of carbonyl (C=O) groups excluding carboxylic acids is 2. The molecule has 1 aromatic heterocycles. The largest absolute Gasteiger partial charge is 0.451 e. The highest BCUT2D eigenvalue weighted by Gasteiger charge is 2.21. The van der Waals surface area contributed by atoms with Crippen molar-refractivity contribution in [2.75, 3.05) is 6.61 Å². The zero-order valence-corrected chi connectivity index (χ0v) is 21.7. The number of carbonyl (C=O) groups is 2. The Labute approximate surface area is 222 Å². The van der Waals surface area contributed by atoms with Crippen LogP contribution in [0.4, 0.5) is 0 Å². The standard InChI is InChI=1S/C31H33N3O4/c1-2-3-4-13-20-34-30(36)27-19-12-11-18-26(27)29(32-34)31(37)38-23-28(35)33(21-24-14-7-5-8-15-24)22-25-16-9-6-10-17-25/h5-12,14-19H,2-4,13,20-23H2,1H3. The van der Waals surface area contributed by atoms with Crippen LogP contribution in [0.15, 0.2) is 89.7 Å². The van der Waals surface area contributed by atoms with E-state index in [1.54, 1.807) is 29.2 Å². The third-order valence-electron chi connectivity index (χ3n) is 6.40. The van der Waals surface area contributed by atoms with Gasteiger partial charge >= 0.3 is 5.97 Å². The highest BCUT2D eigenvalue weighted by molar-refractivity contribution is 6.02. The molecule has 0 bridgehead atoms. The summed E-state index contributed by atoms with van der Waals surface area (Å²) in [4.78, 5) is 41.0. The second kappa shape index (κ2) is 13.3. The molecule has 0 atom stereocenters. The van der Waals surface area contributed by atoms with Crippen LogP contribution >= 0.6 is 0 Å². The first kappa shape index (κ1) is 26.8. The first-order chi connectivity index (χ1) is 18.6. The Balaban J connectivity index is 1.52. The zero-order chi connectivity index (χ0) is 26.7. The number of rotatable bonds is 12. The Hall–Kier alpha value is -4.26. The van der Waals surface area contributed by atoms with E-state index in [1.807, 2.05) is 60.7 Å². The maximum Gasteiger partial charge on any atom is 0.359 e. The van der Waals surface area contributed by atoms with Crippen LogP contribution in [0.1, 0.15) is 54.2 Å². The monoisotopic (exact) mass is 511 g/mol. The molecule has 0 unspecified atom stereocenters. The van der Waals surface area contributed by atoms with Crippen LogP contribution in [0, 0.1) is 0 Å². The Morgan fingerprint density at radius 3 is 1.97 bits per heavy atom. The molecule has 38 heavy (non-hydrogen) atoms. The van der Waals surface area contributed by atoms with Gasteiger partial charge in [-0.2, -0.15) is 5.10 Å². The minimum absolute atomic E-state index is 0.0427. The van der Waals surface area contributed by atoms with Crippen LogP contribution < -0.4 is 5.56 Å². The molecule has 0 aliphatic rings. The quantitative estimate of drug-likeness (QED) is 0.189. The topological polar surface area (TPSA) is 81.5 Å². The van der Waals surface area contributed by atoms with Crippen LogP contribution in [-0.2, 0) is 29.2 Å². The van der Waals surface area contributed by atoms with Gasteiger partial charge in [0.1, 0.15) is 0 Å². The molecule has 0 radical (unpaired) electrons. The molecule has 7 heteroatoms. The minimum Gasteiger partial charge on any atom is -0.451 e. The van der Waals surface area contributed by atoms with Gasteiger partial charge < -0.3 is 9.64 Å². The molecule has 0 saturated heterocycles. The van der Waals surface area contributed by atoms with Gasteiger partial charge in [-0.1, -0.05) is 105 Å². The first-order valence-electron chi connectivity index (χ1n) is 13.1. The summed E-state index contributed by atoms with van der Waals surface area (Å²) in [5.41, 5.74) is 1.76. The van der Waals surface area contributed by atoms with Crippen molar-refractivity contribution >= 4 is 22.6 Å². The summed E-state index contributed by atoms with van der Waals surface area (Å²) >= 11 is 0. The summed E-state index contributed by atoms with van der Waals surface area (Å²) in [5.74, 6) is -1.04. The molecular weight excluding hydrogens is 478 g/mol. The molecule has 4 rings (SSSR count). The molecule has 196 valence electrons. The smallest absolute Gasteiger partial charge is 0.359 e. The molecule has 0 N–H and O–H groups in total. The molecule has 3 aromatic carbocycles. The first-order valence-corrected chi connectivity index (χ1v) is 13.1. The van der Waals surface area contributed by atoms with Crippen LogP contribution in [-0.4, -0.2) is 33.2 Å². The van der Waals surface area contributed by atoms with E-state index in [9.17, 15) is 14.4 Å². The van der Waals surface area contributed by atoms with E-state index in [0.29, 0.717) is 30.4 Å². The summed E-state index contributed by atoms with van der Waals surface area (Å²) in [7, 11) is 0. The number of amides is 1. The molecule has 4 aromatic rings. The van der Waals surface area contributed by atoms with Crippen molar-refractivity contribution in [1.82, 2.24) is 14.7 Å². The molecule has 0 aliphatic heterocycles. The van der Waals surface area contributed by atoms with Crippen LogP contribution in [0.3, 0.4) is 0 Å². The number of aromatic nitrogens is 2. The summed E-state index contributed by atoms with van der Waals surface area (Å²) in [5, 5.41) is 5.19. The third-order valence-corrected chi connectivity index (χ3v) is 6.40. The number of esters is 1. The van der Waals surface area contributed by atoms with E-state index in [4.69, 9.17) is 4.74 Å². The molecule has 1 heterocycles. The Kier molecular flexibility index (Phi) is 9.40. The Morgan fingerprint density at radius 1 is 0.789 bits per heavy atom. The van der Waals surface area contributed by atoms with E-state index < -0.39 is 12.6 Å². The summed E-state index contributed by atoms with van der Waals surface area (Å²) in [6.07, 6.45) is 3.92. The van der Waals surface area contributed by atoms with Crippen LogP contribution in [0.25, 0.3) is 10.8 Å². The van der Waals surface area contributed by atoms with Gasteiger partial charge in [0.25, 0.3) is 11.5 Å². The number of hydrogen-bond donors (Lipinski definition) is 0. The van der Waals surface area contributed by atoms with Crippen molar-refractivity contribution in [3.63, 3.8) is 0 Å². The number of hydrogen-bond acceptors (Lipinski definition) is 5. The van der Waals surface area contributed by atoms with Crippen LogP contribution in [0.2, 0.25) is 0 Å². The maximum absolute atomic E-state index is 13.2. The van der Waals surface area contributed by atoms with Crippen LogP contribution in [0.5, 0.6) is 0 Å². The average Bonchev–Trinajstić information content (AvgIpc) is 2.95. The fraction of sp³-hybridized carbons (Fsp3) is 0.290. The minimum atomic E-state index is -0.726. The van der Waals surface area contributed by atoms with E-state index >= 15 is 0 Å². The van der Waals surface area contributed by atoms with Crippen molar-refractivity contribution < 1.29 is 14.3 Å². The Morgan fingerprint density at radius 2 is 1.37 bits per heavy atom. The van der Waals surface area contributed by atoms with Gasteiger partial charge in [0.2, 0.25) is 0 Å². The third kappa shape index (κ3) is 6.94. The molecule has 0 aliphatic carbocycles. The number of benzene rings is 3. The lowest BCUT2D eigenvalue weighted by molar-refractivity contribution is -0.135. The van der Waals surface area contributed by atoms with Crippen molar-refractivity contribution in [1.29, 1.82) is 0 Å². The number of nitrogens with zero attached hydrogens (tertiary/aromatic N) is 3. The Bertz CT molecular complexity index is 1380.